The number of halogens is 1. The second-order valence-corrected chi connectivity index (χ2v) is 5.33. The molecule has 0 unspecified atom stereocenters. The van der Waals surface area contributed by atoms with Gasteiger partial charge in [0, 0.05) is 17.0 Å². The van der Waals surface area contributed by atoms with E-state index in [4.69, 9.17) is 21.1 Å². The summed E-state index contributed by atoms with van der Waals surface area (Å²) in [6.45, 7) is 1.29. The van der Waals surface area contributed by atoms with E-state index < -0.39 is 5.97 Å². The maximum Gasteiger partial charge on any atom is 0.303 e. The molecular weight excluding hydrogens is 306 g/mol. The zero-order chi connectivity index (χ0) is 15.8. The molecule has 118 valence electrons. The number of carbonyl (C=O) groups is 1. The lowest BCUT2D eigenvalue weighted by atomic mass is 10.2. The van der Waals surface area contributed by atoms with Crippen LogP contribution in [0.15, 0.2) is 28.7 Å². The third kappa shape index (κ3) is 5.46. The molecule has 7 heteroatoms. The first kappa shape index (κ1) is 16.5. The van der Waals surface area contributed by atoms with Gasteiger partial charge >= 0.3 is 5.97 Å². The van der Waals surface area contributed by atoms with Crippen LogP contribution in [0.1, 0.15) is 31.6 Å². The summed E-state index contributed by atoms with van der Waals surface area (Å²) in [7, 11) is 0. The number of nitrogens with zero attached hydrogens (tertiary/aromatic N) is 2. The van der Waals surface area contributed by atoms with Crippen molar-refractivity contribution in [2.45, 2.75) is 32.2 Å². The van der Waals surface area contributed by atoms with Crippen molar-refractivity contribution in [3.63, 3.8) is 0 Å². The molecule has 1 heterocycles. The van der Waals surface area contributed by atoms with Gasteiger partial charge in [-0.05, 0) is 43.7 Å². The molecule has 0 atom stereocenters. The molecule has 0 saturated heterocycles. The number of carboxylic acids is 1. The van der Waals surface area contributed by atoms with Gasteiger partial charge < -0.3 is 14.8 Å². The number of rotatable bonds is 9. The van der Waals surface area contributed by atoms with Gasteiger partial charge in [0.2, 0.25) is 11.8 Å². The van der Waals surface area contributed by atoms with Crippen LogP contribution >= 0.6 is 11.6 Å². The first-order chi connectivity index (χ1) is 10.6. The fraction of sp³-hybridized carbons (Fsp3) is 0.400. The van der Waals surface area contributed by atoms with Gasteiger partial charge in [0.05, 0.1) is 6.54 Å². The number of aromatic nitrogens is 2. The zero-order valence-corrected chi connectivity index (χ0v) is 12.8. The van der Waals surface area contributed by atoms with Gasteiger partial charge in [-0.3, -0.25) is 4.79 Å². The number of unbranched alkanes of at least 4 members (excludes halogenated alkanes) is 2. The van der Waals surface area contributed by atoms with E-state index in [1.807, 2.05) is 12.1 Å². The van der Waals surface area contributed by atoms with Crippen LogP contribution in [0.2, 0.25) is 5.02 Å². The lowest BCUT2D eigenvalue weighted by Crippen LogP contribution is -2.15. The standard InChI is InChI=1S/C15H18ClN3O3/c16-12-7-5-11(6-8-12)15-19-18-13(22-15)10-17-9-3-1-2-4-14(20)21/h5-8,17H,1-4,9-10H2,(H,20,21). The second-order valence-electron chi connectivity index (χ2n) is 4.89. The van der Waals surface area contributed by atoms with E-state index in [2.05, 4.69) is 15.5 Å². The normalized spacial score (nSPS) is 10.8. The fourth-order valence-corrected chi connectivity index (χ4v) is 2.06. The molecule has 0 aliphatic rings. The summed E-state index contributed by atoms with van der Waals surface area (Å²) in [6.07, 6.45) is 2.75. The summed E-state index contributed by atoms with van der Waals surface area (Å²) in [4.78, 5) is 10.4. The number of hydrogen-bond donors (Lipinski definition) is 2. The lowest BCUT2D eigenvalue weighted by Gasteiger charge is -2.01. The lowest BCUT2D eigenvalue weighted by molar-refractivity contribution is -0.137. The summed E-state index contributed by atoms with van der Waals surface area (Å²) in [5.41, 5.74) is 0.830. The Labute approximate surface area is 133 Å². The highest BCUT2D eigenvalue weighted by Crippen LogP contribution is 2.20. The molecule has 0 amide bonds. The van der Waals surface area contributed by atoms with E-state index in [-0.39, 0.29) is 6.42 Å². The minimum Gasteiger partial charge on any atom is -0.481 e. The molecule has 0 radical (unpaired) electrons. The van der Waals surface area contributed by atoms with Gasteiger partial charge in [-0.25, -0.2) is 0 Å². The number of aliphatic carboxylic acids is 1. The van der Waals surface area contributed by atoms with Gasteiger partial charge in [-0.2, -0.15) is 0 Å². The molecule has 6 nitrogen and oxygen atoms in total. The maximum atomic E-state index is 10.4. The Morgan fingerprint density at radius 2 is 1.95 bits per heavy atom. The first-order valence-corrected chi connectivity index (χ1v) is 7.54. The molecule has 0 bridgehead atoms. The van der Waals surface area contributed by atoms with E-state index in [9.17, 15) is 4.79 Å². The fourth-order valence-electron chi connectivity index (χ4n) is 1.93. The zero-order valence-electron chi connectivity index (χ0n) is 12.1. The largest absolute Gasteiger partial charge is 0.481 e. The number of carboxylic acid groups (broad SMARTS) is 1. The highest BCUT2D eigenvalue weighted by molar-refractivity contribution is 6.30. The van der Waals surface area contributed by atoms with Gasteiger partial charge in [0.15, 0.2) is 0 Å². The van der Waals surface area contributed by atoms with Gasteiger partial charge in [-0.1, -0.05) is 18.0 Å². The summed E-state index contributed by atoms with van der Waals surface area (Å²) < 4.78 is 5.56. The van der Waals surface area contributed by atoms with Crippen molar-refractivity contribution in [2.75, 3.05) is 6.54 Å². The Kier molecular flexibility index (Phi) is 6.36. The van der Waals surface area contributed by atoms with Crippen molar-refractivity contribution in [1.82, 2.24) is 15.5 Å². The summed E-state index contributed by atoms with van der Waals surface area (Å²) >= 11 is 5.83. The monoisotopic (exact) mass is 323 g/mol. The van der Waals surface area contributed by atoms with E-state index in [0.29, 0.717) is 29.8 Å². The van der Waals surface area contributed by atoms with Crippen LogP contribution in [-0.4, -0.2) is 27.8 Å². The molecule has 0 aliphatic carbocycles. The summed E-state index contributed by atoms with van der Waals surface area (Å²) in [5.74, 6) is 0.249. The molecule has 2 aromatic rings. The quantitative estimate of drug-likeness (QED) is 0.689. The van der Waals surface area contributed by atoms with Crippen molar-refractivity contribution in [3.05, 3.63) is 35.2 Å². The minimum atomic E-state index is -0.742. The van der Waals surface area contributed by atoms with Crippen LogP contribution in [0, 0.1) is 0 Å². The predicted octanol–water partition coefficient (Wildman–Crippen LogP) is 3.12. The van der Waals surface area contributed by atoms with Crippen molar-refractivity contribution in [2.24, 2.45) is 0 Å². The van der Waals surface area contributed by atoms with Crippen LogP contribution in [0.5, 0.6) is 0 Å². The molecule has 2 N–H and O–H groups in total. The van der Waals surface area contributed by atoms with Crippen molar-refractivity contribution in [3.8, 4) is 11.5 Å². The molecule has 0 aliphatic heterocycles. The van der Waals surface area contributed by atoms with Crippen molar-refractivity contribution >= 4 is 17.6 Å². The Hall–Kier alpha value is -1.92. The van der Waals surface area contributed by atoms with Crippen LogP contribution in [0.25, 0.3) is 11.5 Å². The molecule has 1 aromatic heterocycles. The average molecular weight is 324 g/mol. The van der Waals surface area contributed by atoms with E-state index in [0.717, 1.165) is 24.9 Å². The Balaban J connectivity index is 1.69. The molecular formula is C15H18ClN3O3. The average Bonchev–Trinajstić information content (AvgIpc) is 2.95. The van der Waals surface area contributed by atoms with E-state index >= 15 is 0 Å². The molecule has 1 aromatic carbocycles. The maximum absolute atomic E-state index is 10.4. The highest BCUT2D eigenvalue weighted by Gasteiger charge is 2.07. The number of benzene rings is 1. The Morgan fingerprint density at radius 3 is 2.68 bits per heavy atom. The third-order valence-electron chi connectivity index (χ3n) is 3.08. The minimum absolute atomic E-state index is 0.230. The van der Waals surface area contributed by atoms with Crippen LogP contribution in [0.4, 0.5) is 0 Å². The summed E-state index contributed by atoms with van der Waals surface area (Å²) in [6, 6.07) is 7.21. The Bertz CT molecular complexity index is 598. The third-order valence-corrected chi connectivity index (χ3v) is 3.33. The van der Waals surface area contributed by atoms with Gasteiger partial charge in [0.25, 0.3) is 0 Å². The van der Waals surface area contributed by atoms with Crippen LogP contribution in [0.3, 0.4) is 0 Å². The smallest absolute Gasteiger partial charge is 0.303 e. The van der Waals surface area contributed by atoms with Crippen LogP contribution in [-0.2, 0) is 11.3 Å². The van der Waals surface area contributed by atoms with Crippen LogP contribution < -0.4 is 5.32 Å². The van der Waals surface area contributed by atoms with E-state index in [1.54, 1.807) is 12.1 Å². The number of hydrogen-bond acceptors (Lipinski definition) is 5. The molecule has 22 heavy (non-hydrogen) atoms. The van der Waals surface area contributed by atoms with Crippen molar-refractivity contribution < 1.29 is 14.3 Å². The first-order valence-electron chi connectivity index (χ1n) is 7.16. The molecule has 0 saturated carbocycles. The Morgan fingerprint density at radius 1 is 1.18 bits per heavy atom. The topological polar surface area (TPSA) is 88.2 Å². The van der Waals surface area contributed by atoms with Crippen molar-refractivity contribution in [1.29, 1.82) is 0 Å². The molecule has 0 fully saturated rings. The molecule has 0 spiro atoms. The van der Waals surface area contributed by atoms with Gasteiger partial charge in [0.1, 0.15) is 0 Å². The predicted molar refractivity (Wildman–Crippen MR) is 82.6 cm³/mol. The number of nitrogens with one attached hydrogen (secondary N) is 1. The second kappa shape index (κ2) is 8.51. The molecule has 2 rings (SSSR count). The van der Waals surface area contributed by atoms with E-state index in [1.165, 1.54) is 0 Å². The highest BCUT2D eigenvalue weighted by atomic mass is 35.5. The SMILES string of the molecule is O=C(O)CCCCCNCc1nnc(-c2ccc(Cl)cc2)o1. The van der Waals surface area contributed by atoms with Gasteiger partial charge in [-0.15, -0.1) is 10.2 Å². The summed E-state index contributed by atoms with van der Waals surface area (Å²) in [5, 5.41) is 20.4.